The number of hydrogen-bond acceptors (Lipinski definition) is 5. The van der Waals surface area contributed by atoms with Gasteiger partial charge in [-0.15, -0.1) is 0 Å². The molecular formula is C32H35NO6. The standard InChI is InChI=1S/C32H35NO6/c1-32(31(35)36)19-26-24(17-18-27(37-2)29(26)38-21-22-11-5-3-6-12-22)20-33(32)30(34)28(23-13-7-4-8-14-23)39-25-15-9-10-16-25/h3-8,11-14,17-18,25,28H,9-10,15-16,19-21H2,1-2H3,(H,35,36)/t28?,32-/m0/s1. The number of hydrogen-bond donors (Lipinski definition) is 1. The molecule has 0 bridgehead atoms. The fourth-order valence-electron chi connectivity index (χ4n) is 5.60. The van der Waals surface area contributed by atoms with Crippen LogP contribution in [0.25, 0.3) is 0 Å². The largest absolute Gasteiger partial charge is 0.493 e. The predicted molar refractivity (Wildman–Crippen MR) is 147 cm³/mol. The summed E-state index contributed by atoms with van der Waals surface area (Å²) in [4.78, 5) is 28.5. The van der Waals surface area contributed by atoms with Crippen molar-refractivity contribution >= 4 is 11.9 Å². The number of fused-ring (bicyclic) bond motifs is 1. The van der Waals surface area contributed by atoms with Crippen LogP contribution in [0.5, 0.6) is 11.5 Å². The van der Waals surface area contributed by atoms with E-state index in [0.29, 0.717) is 18.1 Å². The second kappa shape index (κ2) is 11.5. The summed E-state index contributed by atoms with van der Waals surface area (Å²) in [7, 11) is 1.57. The summed E-state index contributed by atoms with van der Waals surface area (Å²) < 4.78 is 18.2. The Bertz CT molecular complexity index is 1300. The first-order chi connectivity index (χ1) is 18.9. The van der Waals surface area contributed by atoms with Crippen LogP contribution < -0.4 is 9.47 Å². The van der Waals surface area contributed by atoms with E-state index in [-0.39, 0.29) is 25.0 Å². The van der Waals surface area contributed by atoms with Gasteiger partial charge in [0.2, 0.25) is 0 Å². The minimum absolute atomic E-state index is 0.0189. The molecule has 5 rings (SSSR count). The highest BCUT2D eigenvalue weighted by molar-refractivity contribution is 5.90. The molecular weight excluding hydrogens is 494 g/mol. The van der Waals surface area contributed by atoms with Gasteiger partial charge in [-0.2, -0.15) is 0 Å². The van der Waals surface area contributed by atoms with Crippen LogP contribution in [-0.4, -0.2) is 40.6 Å². The topological polar surface area (TPSA) is 85.3 Å². The molecule has 1 fully saturated rings. The first-order valence-electron chi connectivity index (χ1n) is 13.5. The van der Waals surface area contributed by atoms with Gasteiger partial charge in [-0.05, 0) is 42.5 Å². The highest BCUT2D eigenvalue weighted by atomic mass is 16.5. The molecule has 0 saturated heterocycles. The van der Waals surface area contributed by atoms with Gasteiger partial charge in [-0.3, -0.25) is 4.79 Å². The molecule has 1 saturated carbocycles. The number of aliphatic carboxylic acids is 1. The lowest BCUT2D eigenvalue weighted by atomic mass is 9.82. The van der Waals surface area contributed by atoms with Crippen molar-refractivity contribution in [1.82, 2.24) is 4.90 Å². The molecule has 1 aliphatic heterocycles. The Hall–Kier alpha value is -3.84. The summed E-state index contributed by atoms with van der Waals surface area (Å²) in [6.45, 7) is 2.04. The Balaban J connectivity index is 1.50. The lowest BCUT2D eigenvalue weighted by molar-refractivity contribution is -0.168. The maximum Gasteiger partial charge on any atom is 0.329 e. The van der Waals surface area contributed by atoms with Crippen molar-refractivity contribution in [2.24, 2.45) is 0 Å². The molecule has 2 atom stereocenters. The molecule has 1 heterocycles. The Labute approximate surface area is 229 Å². The molecule has 204 valence electrons. The Kier molecular flexibility index (Phi) is 7.89. The average molecular weight is 530 g/mol. The lowest BCUT2D eigenvalue weighted by Crippen LogP contribution is -2.59. The number of rotatable bonds is 9. The molecule has 0 aromatic heterocycles. The fraction of sp³-hybridized carbons (Fsp3) is 0.375. The monoisotopic (exact) mass is 529 g/mol. The third kappa shape index (κ3) is 5.50. The summed E-state index contributed by atoms with van der Waals surface area (Å²) in [5.41, 5.74) is 1.79. The quantitative estimate of drug-likeness (QED) is 0.383. The summed E-state index contributed by atoms with van der Waals surface area (Å²) in [6, 6.07) is 22.8. The normalized spacial score (nSPS) is 19.8. The van der Waals surface area contributed by atoms with Crippen molar-refractivity contribution in [3.05, 3.63) is 95.1 Å². The van der Waals surface area contributed by atoms with Gasteiger partial charge in [0.1, 0.15) is 12.1 Å². The lowest BCUT2D eigenvalue weighted by Gasteiger charge is -2.44. The van der Waals surface area contributed by atoms with E-state index >= 15 is 0 Å². The molecule has 7 heteroatoms. The van der Waals surface area contributed by atoms with Crippen molar-refractivity contribution in [3.8, 4) is 11.5 Å². The van der Waals surface area contributed by atoms with E-state index in [9.17, 15) is 14.7 Å². The van der Waals surface area contributed by atoms with E-state index in [2.05, 4.69) is 0 Å². The average Bonchev–Trinajstić information content (AvgIpc) is 3.48. The van der Waals surface area contributed by atoms with Crippen molar-refractivity contribution in [1.29, 1.82) is 0 Å². The molecule has 39 heavy (non-hydrogen) atoms. The summed E-state index contributed by atoms with van der Waals surface area (Å²) in [6.07, 6.45) is 3.12. The van der Waals surface area contributed by atoms with Gasteiger partial charge in [-0.25, -0.2) is 4.79 Å². The minimum Gasteiger partial charge on any atom is -0.493 e. The van der Waals surface area contributed by atoms with Crippen LogP contribution in [0.3, 0.4) is 0 Å². The van der Waals surface area contributed by atoms with Crippen molar-refractivity contribution in [2.75, 3.05) is 7.11 Å². The molecule has 1 N–H and O–H groups in total. The van der Waals surface area contributed by atoms with Crippen LogP contribution >= 0.6 is 0 Å². The van der Waals surface area contributed by atoms with Crippen molar-refractivity contribution < 1.29 is 28.9 Å². The Morgan fingerprint density at radius 3 is 2.31 bits per heavy atom. The SMILES string of the molecule is COc1ccc2c(c1OCc1ccccc1)C[C@@](C)(C(=O)O)N(C(=O)C(OC1CCCC1)c1ccccc1)C2. The number of nitrogens with zero attached hydrogens (tertiary/aromatic N) is 1. The number of carbonyl (C=O) groups excluding carboxylic acids is 1. The molecule has 1 amide bonds. The number of carboxylic acid groups (broad SMARTS) is 1. The smallest absolute Gasteiger partial charge is 0.329 e. The molecule has 3 aromatic rings. The van der Waals surface area contributed by atoms with E-state index in [1.165, 1.54) is 4.90 Å². The zero-order chi connectivity index (χ0) is 27.4. The van der Waals surface area contributed by atoms with Gasteiger partial charge in [0.15, 0.2) is 17.6 Å². The molecule has 0 radical (unpaired) electrons. The third-order valence-corrected chi connectivity index (χ3v) is 7.90. The van der Waals surface area contributed by atoms with E-state index < -0.39 is 17.6 Å². The number of carboxylic acids is 1. The van der Waals surface area contributed by atoms with E-state index in [0.717, 1.165) is 47.9 Å². The highest BCUT2D eigenvalue weighted by Gasteiger charge is 2.49. The second-order valence-electron chi connectivity index (χ2n) is 10.5. The molecule has 2 aliphatic rings. The predicted octanol–water partition coefficient (Wildman–Crippen LogP) is 5.70. The van der Waals surface area contributed by atoms with Crippen LogP contribution in [0.2, 0.25) is 0 Å². The highest BCUT2D eigenvalue weighted by Crippen LogP contribution is 2.43. The first kappa shape index (κ1) is 26.8. The zero-order valence-electron chi connectivity index (χ0n) is 22.5. The third-order valence-electron chi connectivity index (χ3n) is 7.90. The van der Waals surface area contributed by atoms with E-state index in [4.69, 9.17) is 14.2 Å². The molecule has 7 nitrogen and oxygen atoms in total. The number of methoxy groups -OCH3 is 1. The number of benzene rings is 3. The Morgan fingerprint density at radius 2 is 1.67 bits per heavy atom. The molecule has 1 aliphatic carbocycles. The van der Waals surface area contributed by atoms with Crippen LogP contribution in [0.4, 0.5) is 0 Å². The number of amides is 1. The molecule has 1 unspecified atom stereocenters. The van der Waals surface area contributed by atoms with Gasteiger partial charge in [0.05, 0.1) is 13.2 Å². The summed E-state index contributed by atoms with van der Waals surface area (Å²) in [5.74, 6) is -0.374. The van der Waals surface area contributed by atoms with Gasteiger partial charge in [0.25, 0.3) is 5.91 Å². The minimum atomic E-state index is -1.51. The summed E-state index contributed by atoms with van der Waals surface area (Å²) in [5, 5.41) is 10.5. The zero-order valence-corrected chi connectivity index (χ0v) is 22.5. The van der Waals surface area contributed by atoms with E-state index in [1.54, 1.807) is 14.0 Å². The number of carbonyl (C=O) groups is 2. The number of ether oxygens (including phenoxy) is 3. The van der Waals surface area contributed by atoms with Gasteiger partial charge >= 0.3 is 5.97 Å². The van der Waals surface area contributed by atoms with Crippen LogP contribution in [0, 0.1) is 0 Å². The van der Waals surface area contributed by atoms with E-state index in [1.807, 2.05) is 72.8 Å². The van der Waals surface area contributed by atoms with Gasteiger partial charge in [0, 0.05) is 18.5 Å². The second-order valence-corrected chi connectivity index (χ2v) is 10.5. The maximum atomic E-state index is 14.2. The Morgan fingerprint density at radius 1 is 1.00 bits per heavy atom. The molecule has 0 spiro atoms. The van der Waals surface area contributed by atoms with Crippen LogP contribution in [0.1, 0.15) is 61.0 Å². The first-order valence-corrected chi connectivity index (χ1v) is 13.5. The van der Waals surface area contributed by atoms with Crippen molar-refractivity contribution in [2.45, 2.75) is 69.9 Å². The summed E-state index contributed by atoms with van der Waals surface area (Å²) >= 11 is 0. The fourth-order valence-corrected chi connectivity index (χ4v) is 5.60. The molecule has 3 aromatic carbocycles. The van der Waals surface area contributed by atoms with Crippen LogP contribution in [0.15, 0.2) is 72.8 Å². The van der Waals surface area contributed by atoms with Crippen molar-refractivity contribution in [3.63, 3.8) is 0 Å². The van der Waals surface area contributed by atoms with Crippen LogP contribution in [-0.2, 0) is 33.9 Å². The van der Waals surface area contributed by atoms with Gasteiger partial charge < -0.3 is 24.2 Å². The maximum absolute atomic E-state index is 14.2. The van der Waals surface area contributed by atoms with Gasteiger partial charge in [-0.1, -0.05) is 79.6 Å².